The first-order valence-electron chi connectivity index (χ1n) is 3.26. The van der Waals surface area contributed by atoms with Crippen LogP contribution in [0, 0.1) is 5.82 Å². The molecule has 0 atom stereocenters. The van der Waals surface area contributed by atoms with Crippen molar-refractivity contribution in [1.82, 2.24) is 0 Å². The molecule has 4 heteroatoms. The van der Waals surface area contributed by atoms with Crippen molar-refractivity contribution in [3.8, 4) is 0 Å². The highest BCUT2D eigenvalue weighted by atomic mass is 79.9. The third-order valence-electron chi connectivity index (χ3n) is 1.58. The number of hydrogen-bond acceptors (Lipinski definition) is 1. The highest BCUT2D eigenvalue weighted by molar-refractivity contribution is 9.10. The molecular weight excluding hydrogens is 225 g/mol. The molecule has 0 unspecified atom stereocenters. The Hall–Kier alpha value is -1.03. The summed E-state index contributed by atoms with van der Waals surface area (Å²) in [7, 11) is 0. The summed E-state index contributed by atoms with van der Waals surface area (Å²) >= 11 is 3.01. The van der Waals surface area contributed by atoms with Crippen molar-refractivity contribution in [1.29, 1.82) is 0 Å². The molecule has 0 bridgehead atoms. The molecule has 1 amide bonds. The Morgan fingerprint density at radius 3 is 2.92 bits per heavy atom. The van der Waals surface area contributed by atoms with Crippen LogP contribution in [0.2, 0.25) is 0 Å². The summed E-state index contributed by atoms with van der Waals surface area (Å²) in [6, 6.07) is 2.78. The zero-order valence-corrected chi connectivity index (χ0v) is 7.43. The van der Waals surface area contributed by atoms with Crippen LogP contribution in [0.1, 0.15) is 0 Å². The number of carbonyl (C=O) groups is 1. The molecule has 1 aliphatic rings. The molecule has 12 heavy (non-hydrogen) atoms. The van der Waals surface area contributed by atoms with Gasteiger partial charge in [0.15, 0.2) is 0 Å². The van der Waals surface area contributed by atoms with Gasteiger partial charge >= 0.3 is 0 Å². The molecule has 0 aliphatic carbocycles. The monoisotopic (exact) mass is 227 g/mol. The van der Waals surface area contributed by atoms with Crippen LogP contribution in [0.3, 0.4) is 0 Å². The minimum absolute atomic E-state index is 0.327. The molecule has 1 aromatic carbocycles. The standard InChI is InChI=1S/C8H3BrFNO/c9-5-3-7-4(1-6(5)10)2-8(12)11-7/h1-3H. The largest absolute Gasteiger partial charge is 0.270 e. The zero-order chi connectivity index (χ0) is 8.72. The Labute approximate surface area is 75.6 Å². The minimum Gasteiger partial charge on any atom is -0.267 e. The van der Waals surface area contributed by atoms with Crippen LogP contribution in [0.5, 0.6) is 0 Å². The second kappa shape index (κ2) is 2.48. The van der Waals surface area contributed by atoms with Gasteiger partial charge in [-0.15, -0.1) is 0 Å². The molecule has 2 rings (SSSR count). The molecule has 1 aliphatic heterocycles. The summed E-state index contributed by atoms with van der Waals surface area (Å²) in [4.78, 5) is 14.4. The fourth-order valence-corrected chi connectivity index (χ4v) is 1.38. The minimum atomic E-state index is -0.380. The Kier molecular flexibility index (Phi) is 1.58. The normalized spacial score (nSPS) is 13.7. The van der Waals surface area contributed by atoms with Crippen molar-refractivity contribution in [2.75, 3.05) is 0 Å². The number of nitrogens with zero attached hydrogens (tertiary/aromatic N) is 1. The molecule has 1 heterocycles. The van der Waals surface area contributed by atoms with Crippen molar-refractivity contribution in [3.63, 3.8) is 0 Å². The third-order valence-corrected chi connectivity index (χ3v) is 2.19. The number of fused-ring (bicyclic) bond motifs is 1. The lowest BCUT2D eigenvalue weighted by Crippen LogP contribution is -2.21. The molecule has 0 radical (unpaired) electrons. The maximum absolute atomic E-state index is 12.9. The summed E-state index contributed by atoms with van der Waals surface area (Å²) < 4.78 is 13.2. The second-order valence-corrected chi connectivity index (χ2v) is 3.27. The van der Waals surface area contributed by atoms with Crippen molar-refractivity contribution in [3.05, 3.63) is 33.0 Å². The van der Waals surface area contributed by atoms with Gasteiger partial charge in [-0.2, -0.15) is 0 Å². The van der Waals surface area contributed by atoms with Crippen molar-refractivity contribution < 1.29 is 9.18 Å². The highest BCUT2D eigenvalue weighted by Crippen LogP contribution is 2.09. The molecule has 0 aromatic heterocycles. The van der Waals surface area contributed by atoms with Crippen LogP contribution in [0.4, 0.5) is 4.39 Å². The van der Waals surface area contributed by atoms with E-state index in [1.165, 1.54) is 18.2 Å². The molecule has 0 spiro atoms. The zero-order valence-electron chi connectivity index (χ0n) is 5.84. The average Bonchev–Trinajstić information content (AvgIpc) is 2.30. The van der Waals surface area contributed by atoms with Gasteiger partial charge in [-0.1, -0.05) is 0 Å². The molecule has 2 nitrogen and oxygen atoms in total. The maximum atomic E-state index is 12.9. The molecule has 0 saturated heterocycles. The first-order chi connectivity index (χ1) is 5.66. The molecule has 60 valence electrons. The van der Waals surface area contributed by atoms with Gasteiger partial charge in [-0.25, -0.2) is 9.38 Å². The van der Waals surface area contributed by atoms with Crippen LogP contribution >= 0.6 is 15.9 Å². The average molecular weight is 228 g/mol. The number of rotatable bonds is 0. The maximum Gasteiger partial charge on any atom is 0.270 e. The Bertz CT molecular complexity index is 438. The van der Waals surface area contributed by atoms with Gasteiger partial charge in [0.05, 0.1) is 9.83 Å². The number of amides is 1. The predicted molar refractivity (Wildman–Crippen MR) is 44.4 cm³/mol. The Morgan fingerprint density at radius 2 is 2.17 bits per heavy atom. The molecule has 0 fully saturated rings. The van der Waals surface area contributed by atoms with E-state index in [0.717, 1.165) is 0 Å². The first-order valence-corrected chi connectivity index (χ1v) is 4.05. The topological polar surface area (TPSA) is 29.4 Å². The van der Waals surface area contributed by atoms with Gasteiger partial charge in [-0.05, 0) is 28.1 Å². The predicted octanol–water partition coefficient (Wildman–Crippen LogP) is 0.529. The van der Waals surface area contributed by atoms with Crippen LogP contribution in [-0.2, 0) is 4.79 Å². The number of carbonyl (C=O) groups excluding carboxylic acids is 1. The van der Waals surface area contributed by atoms with E-state index in [1.54, 1.807) is 0 Å². The van der Waals surface area contributed by atoms with E-state index in [2.05, 4.69) is 20.9 Å². The van der Waals surface area contributed by atoms with Gasteiger partial charge in [0.1, 0.15) is 5.82 Å². The van der Waals surface area contributed by atoms with E-state index in [1.807, 2.05) is 0 Å². The van der Waals surface area contributed by atoms with E-state index in [-0.39, 0.29) is 11.7 Å². The van der Waals surface area contributed by atoms with E-state index in [9.17, 15) is 9.18 Å². The lowest BCUT2D eigenvalue weighted by atomic mass is 10.3. The fourth-order valence-electron chi connectivity index (χ4n) is 1.05. The van der Waals surface area contributed by atoms with E-state index in [0.29, 0.717) is 15.0 Å². The van der Waals surface area contributed by atoms with Crippen molar-refractivity contribution in [2.45, 2.75) is 0 Å². The Balaban J connectivity index is 2.89. The van der Waals surface area contributed by atoms with E-state index >= 15 is 0 Å². The van der Waals surface area contributed by atoms with Gasteiger partial charge < -0.3 is 0 Å². The molecule has 0 saturated carbocycles. The Morgan fingerprint density at radius 1 is 1.42 bits per heavy atom. The molecule has 1 aromatic rings. The van der Waals surface area contributed by atoms with Crippen molar-refractivity contribution in [2.24, 2.45) is 4.99 Å². The van der Waals surface area contributed by atoms with E-state index in [4.69, 9.17) is 0 Å². The smallest absolute Gasteiger partial charge is 0.267 e. The number of halogens is 2. The summed E-state index contributed by atoms with van der Waals surface area (Å²) in [6.07, 6.45) is 1.31. The summed E-state index contributed by atoms with van der Waals surface area (Å²) in [5, 5.41) is 1.06. The summed E-state index contributed by atoms with van der Waals surface area (Å²) in [5.41, 5.74) is 0. The lowest BCUT2D eigenvalue weighted by Gasteiger charge is -1.90. The van der Waals surface area contributed by atoms with Crippen LogP contribution in [0.25, 0.3) is 6.08 Å². The SMILES string of the molecule is O=C1C=c2cc(F)c(Br)cc2=N1. The summed E-state index contributed by atoms with van der Waals surface area (Å²) in [5.74, 6) is -0.711. The number of hydrogen-bond donors (Lipinski definition) is 0. The van der Waals surface area contributed by atoms with Gasteiger partial charge in [0.2, 0.25) is 0 Å². The number of benzene rings is 1. The quantitative estimate of drug-likeness (QED) is 0.636. The highest BCUT2D eigenvalue weighted by Gasteiger charge is 2.06. The van der Waals surface area contributed by atoms with Gasteiger partial charge in [-0.3, -0.25) is 4.79 Å². The molecule has 0 N–H and O–H groups in total. The van der Waals surface area contributed by atoms with E-state index < -0.39 is 0 Å². The molecular formula is C8H3BrFNO. The van der Waals surface area contributed by atoms with Crippen LogP contribution in [-0.4, -0.2) is 5.91 Å². The van der Waals surface area contributed by atoms with Crippen LogP contribution < -0.4 is 10.6 Å². The lowest BCUT2D eigenvalue weighted by molar-refractivity contribution is -0.112. The third kappa shape index (κ3) is 1.08. The van der Waals surface area contributed by atoms with Gasteiger partial charge in [0.25, 0.3) is 5.91 Å². The van der Waals surface area contributed by atoms with Crippen LogP contribution in [0.15, 0.2) is 21.6 Å². The second-order valence-electron chi connectivity index (χ2n) is 2.42. The summed E-state index contributed by atoms with van der Waals surface area (Å²) in [6.45, 7) is 0. The first kappa shape index (κ1) is 7.61. The van der Waals surface area contributed by atoms with Crippen molar-refractivity contribution >= 4 is 27.9 Å². The fraction of sp³-hybridized carbons (Fsp3) is 0. The van der Waals surface area contributed by atoms with Gasteiger partial charge in [0, 0.05) is 11.3 Å².